The maximum Gasteiger partial charge on any atom is 0.184 e. The highest BCUT2D eigenvalue weighted by molar-refractivity contribution is 4.90. The van der Waals surface area contributed by atoms with Gasteiger partial charge in [0, 0.05) is 7.11 Å². The molecule has 0 saturated carbocycles. The number of hydrogen-bond donors (Lipinski definition) is 4. The third-order valence-corrected chi connectivity index (χ3v) is 2.09. The second-order valence-corrected chi connectivity index (χ2v) is 2.93. The lowest BCUT2D eigenvalue weighted by Gasteiger charge is -2.21. The van der Waals surface area contributed by atoms with Gasteiger partial charge in [0.2, 0.25) is 0 Å². The molecule has 6 heteroatoms. The summed E-state index contributed by atoms with van der Waals surface area (Å²) in [4.78, 5) is 0. The van der Waals surface area contributed by atoms with Crippen molar-refractivity contribution in [1.82, 2.24) is 0 Å². The van der Waals surface area contributed by atoms with E-state index in [1.807, 2.05) is 0 Å². The first-order valence-electron chi connectivity index (χ1n) is 3.95. The monoisotopic (exact) mass is 194 g/mol. The van der Waals surface area contributed by atoms with E-state index in [0.717, 1.165) is 0 Å². The highest BCUT2D eigenvalue weighted by Gasteiger charge is 2.46. The van der Waals surface area contributed by atoms with E-state index in [9.17, 15) is 10.2 Å². The van der Waals surface area contributed by atoms with E-state index < -0.39 is 37.3 Å². The van der Waals surface area contributed by atoms with Gasteiger partial charge >= 0.3 is 0 Å². The van der Waals surface area contributed by atoms with Gasteiger partial charge in [0.1, 0.15) is 24.4 Å². The van der Waals surface area contributed by atoms with Crippen LogP contribution in [-0.2, 0) is 9.47 Å². The van der Waals surface area contributed by atoms with E-state index in [2.05, 4.69) is 0 Å². The molecule has 0 unspecified atom stereocenters. The van der Waals surface area contributed by atoms with Crippen LogP contribution in [0.2, 0.25) is 0 Å². The summed E-state index contributed by atoms with van der Waals surface area (Å²) in [6, 6.07) is 0. The lowest BCUT2D eigenvalue weighted by Crippen LogP contribution is -2.41. The molecule has 1 fully saturated rings. The minimum absolute atomic E-state index is 0.510. The van der Waals surface area contributed by atoms with E-state index in [1.54, 1.807) is 0 Å². The molecule has 5 atom stereocenters. The molecule has 78 valence electrons. The van der Waals surface area contributed by atoms with Crippen molar-refractivity contribution in [3.05, 3.63) is 0 Å². The Morgan fingerprint density at radius 3 is 2.54 bits per heavy atom. The molecule has 0 spiro atoms. The molecule has 0 aromatic heterocycles. The van der Waals surface area contributed by atoms with Crippen molar-refractivity contribution < 1.29 is 29.9 Å². The lowest BCUT2D eigenvalue weighted by atomic mass is 10.1. The number of hydrogen-bond acceptors (Lipinski definition) is 6. The molecule has 0 aromatic rings. The largest absolute Gasteiger partial charge is 0.394 e. The van der Waals surface area contributed by atoms with E-state index in [0.29, 0.717) is 0 Å². The Balaban J connectivity index is 2.64. The smallest absolute Gasteiger partial charge is 0.184 e. The van der Waals surface area contributed by atoms with Crippen molar-refractivity contribution in [2.24, 2.45) is 0 Å². The number of rotatable bonds is 3. The first-order chi connectivity index (χ1) is 6.11. The van der Waals surface area contributed by atoms with Crippen LogP contribution in [0.5, 0.6) is 0 Å². The van der Waals surface area contributed by atoms with Gasteiger partial charge in [0.25, 0.3) is 0 Å². The molecule has 1 heterocycles. The first-order valence-corrected chi connectivity index (χ1v) is 3.95. The van der Waals surface area contributed by atoms with Crippen LogP contribution in [0.25, 0.3) is 0 Å². The standard InChI is InChI=1S/C7H14O6/c1-12-6-4(10)7(11)13-5(6)3(9)2-8/h3-11H,2H2,1H3/t3-,4-,5-,6-,7+/m1/s1. The molecule has 0 aromatic carbocycles. The third kappa shape index (κ3) is 1.98. The van der Waals surface area contributed by atoms with Crippen molar-refractivity contribution in [2.45, 2.75) is 30.7 Å². The summed E-state index contributed by atoms with van der Waals surface area (Å²) in [6.07, 6.45) is -5.47. The fourth-order valence-electron chi connectivity index (χ4n) is 1.36. The number of aliphatic hydroxyl groups is 4. The maximum atomic E-state index is 9.28. The average molecular weight is 194 g/mol. The molecule has 1 rings (SSSR count). The highest BCUT2D eigenvalue weighted by Crippen LogP contribution is 2.24. The summed E-state index contributed by atoms with van der Waals surface area (Å²) in [7, 11) is 1.33. The molecule has 0 amide bonds. The summed E-state index contributed by atoms with van der Waals surface area (Å²) in [5.41, 5.74) is 0. The van der Waals surface area contributed by atoms with Crippen molar-refractivity contribution >= 4 is 0 Å². The number of ether oxygens (including phenoxy) is 2. The predicted molar refractivity (Wildman–Crippen MR) is 40.8 cm³/mol. The van der Waals surface area contributed by atoms with Crippen LogP contribution < -0.4 is 0 Å². The third-order valence-electron chi connectivity index (χ3n) is 2.09. The Morgan fingerprint density at radius 1 is 1.46 bits per heavy atom. The predicted octanol–water partition coefficient (Wildman–Crippen LogP) is -2.57. The molecule has 4 N–H and O–H groups in total. The zero-order valence-electron chi connectivity index (χ0n) is 7.20. The Kier molecular flexibility index (Phi) is 3.60. The van der Waals surface area contributed by atoms with Gasteiger partial charge in [-0.2, -0.15) is 0 Å². The average Bonchev–Trinajstić information content (AvgIpc) is 2.42. The van der Waals surface area contributed by atoms with Crippen molar-refractivity contribution in [3.8, 4) is 0 Å². The quantitative estimate of drug-likeness (QED) is 0.394. The molecule has 1 aliphatic rings. The fourth-order valence-corrected chi connectivity index (χ4v) is 1.36. The molecule has 13 heavy (non-hydrogen) atoms. The van der Waals surface area contributed by atoms with Crippen LogP contribution in [0.15, 0.2) is 0 Å². The Labute approximate surface area is 75.3 Å². The van der Waals surface area contributed by atoms with Gasteiger partial charge in [0.15, 0.2) is 6.29 Å². The van der Waals surface area contributed by atoms with Crippen LogP contribution in [-0.4, -0.2) is 64.8 Å². The van der Waals surface area contributed by atoms with Gasteiger partial charge < -0.3 is 29.9 Å². The lowest BCUT2D eigenvalue weighted by molar-refractivity contribution is -0.150. The second kappa shape index (κ2) is 4.32. The maximum absolute atomic E-state index is 9.28. The van der Waals surface area contributed by atoms with Crippen LogP contribution >= 0.6 is 0 Å². The van der Waals surface area contributed by atoms with Crippen LogP contribution in [0, 0.1) is 0 Å². The molecule has 1 saturated heterocycles. The van der Waals surface area contributed by atoms with Gasteiger partial charge in [-0.1, -0.05) is 0 Å². The molecule has 0 radical (unpaired) electrons. The summed E-state index contributed by atoms with van der Waals surface area (Å²) >= 11 is 0. The van der Waals surface area contributed by atoms with Gasteiger partial charge in [-0.3, -0.25) is 0 Å². The van der Waals surface area contributed by atoms with Crippen LogP contribution in [0.4, 0.5) is 0 Å². The van der Waals surface area contributed by atoms with E-state index in [4.69, 9.17) is 19.7 Å². The topological polar surface area (TPSA) is 99.4 Å². The summed E-state index contributed by atoms with van der Waals surface area (Å²) < 4.78 is 9.62. The summed E-state index contributed by atoms with van der Waals surface area (Å²) in [6.45, 7) is -0.510. The van der Waals surface area contributed by atoms with Crippen molar-refractivity contribution in [3.63, 3.8) is 0 Å². The van der Waals surface area contributed by atoms with Crippen LogP contribution in [0.1, 0.15) is 0 Å². The minimum Gasteiger partial charge on any atom is -0.394 e. The van der Waals surface area contributed by atoms with Gasteiger partial charge in [-0.05, 0) is 0 Å². The molecule has 6 nitrogen and oxygen atoms in total. The zero-order valence-corrected chi connectivity index (χ0v) is 7.20. The van der Waals surface area contributed by atoms with E-state index >= 15 is 0 Å². The van der Waals surface area contributed by atoms with Gasteiger partial charge in [0.05, 0.1) is 6.61 Å². The summed E-state index contributed by atoms with van der Waals surface area (Å²) in [5, 5.41) is 36.2. The Morgan fingerprint density at radius 2 is 2.08 bits per heavy atom. The SMILES string of the molecule is CO[C@@H]1[C@@H](O)[C@@H](O)O[C@@H]1[C@H](O)CO. The zero-order chi connectivity index (χ0) is 10.0. The number of aliphatic hydroxyl groups excluding tert-OH is 4. The number of methoxy groups -OCH3 is 1. The molecular weight excluding hydrogens is 180 g/mol. The molecule has 0 aliphatic carbocycles. The van der Waals surface area contributed by atoms with E-state index in [-0.39, 0.29) is 0 Å². The normalized spacial score (nSPS) is 42.2. The van der Waals surface area contributed by atoms with Gasteiger partial charge in [-0.25, -0.2) is 0 Å². The second-order valence-electron chi connectivity index (χ2n) is 2.93. The van der Waals surface area contributed by atoms with Crippen molar-refractivity contribution in [1.29, 1.82) is 0 Å². The van der Waals surface area contributed by atoms with Gasteiger partial charge in [-0.15, -0.1) is 0 Å². The first kappa shape index (κ1) is 10.8. The fraction of sp³-hybridized carbons (Fsp3) is 1.00. The molecular formula is C7H14O6. The molecule has 1 aliphatic heterocycles. The minimum atomic E-state index is -1.38. The van der Waals surface area contributed by atoms with E-state index in [1.165, 1.54) is 7.11 Å². The van der Waals surface area contributed by atoms with Crippen molar-refractivity contribution in [2.75, 3.05) is 13.7 Å². The molecule has 0 bridgehead atoms. The Hall–Kier alpha value is -0.240. The highest BCUT2D eigenvalue weighted by atomic mass is 16.7. The van der Waals surface area contributed by atoms with Crippen LogP contribution in [0.3, 0.4) is 0 Å². The Bertz CT molecular complexity index is 163. The summed E-state index contributed by atoms with van der Waals surface area (Å²) in [5.74, 6) is 0.